The highest BCUT2D eigenvalue weighted by molar-refractivity contribution is 9.10. The van der Waals surface area contributed by atoms with Gasteiger partial charge < -0.3 is 5.73 Å². The van der Waals surface area contributed by atoms with E-state index in [2.05, 4.69) is 15.9 Å². The summed E-state index contributed by atoms with van der Waals surface area (Å²) in [6.45, 7) is 3.43. The van der Waals surface area contributed by atoms with Crippen molar-refractivity contribution < 1.29 is 8.42 Å². The van der Waals surface area contributed by atoms with Gasteiger partial charge in [-0.3, -0.25) is 0 Å². The van der Waals surface area contributed by atoms with Gasteiger partial charge in [0.25, 0.3) is 0 Å². The fourth-order valence-corrected chi connectivity index (χ4v) is 3.65. The number of hydrogen-bond acceptors (Lipinski definition) is 3. The molecule has 0 heterocycles. The lowest BCUT2D eigenvalue weighted by molar-refractivity contribution is 0.544. The summed E-state index contributed by atoms with van der Waals surface area (Å²) in [6, 6.07) is 7.26. The lowest BCUT2D eigenvalue weighted by Crippen LogP contribution is -2.40. The molecular weight excluding hydrogens is 290 g/mol. The summed E-state index contributed by atoms with van der Waals surface area (Å²) in [7, 11) is -3.15. The topological polar surface area (TPSA) is 60.2 Å². The van der Waals surface area contributed by atoms with E-state index < -0.39 is 15.4 Å². The van der Waals surface area contributed by atoms with Crippen molar-refractivity contribution in [2.24, 2.45) is 5.73 Å². The Bertz CT molecular complexity index is 446. The third kappa shape index (κ3) is 5.09. The Morgan fingerprint density at radius 1 is 1.25 bits per heavy atom. The smallest absolute Gasteiger partial charge is 0.156 e. The third-order valence-corrected chi connectivity index (χ3v) is 4.38. The number of halogens is 1. The molecule has 90 valence electrons. The summed E-state index contributed by atoms with van der Waals surface area (Å²) < 4.78 is 24.6. The quantitative estimate of drug-likeness (QED) is 0.926. The SMILES string of the molecule is CC(C)(N)CS(=O)(=O)Cc1ccc(Br)cc1. The summed E-state index contributed by atoms with van der Waals surface area (Å²) in [5.74, 6) is 0.0387. The van der Waals surface area contributed by atoms with Gasteiger partial charge in [0.05, 0.1) is 11.5 Å². The molecule has 0 radical (unpaired) electrons. The third-order valence-electron chi connectivity index (χ3n) is 1.89. The fourth-order valence-electron chi connectivity index (χ4n) is 1.45. The largest absolute Gasteiger partial charge is 0.325 e. The molecule has 0 aliphatic rings. The fraction of sp³-hybridized carbons (Fsp3) is 0.455. The van der Waals surface area contributed by atoms with Gasteiger partial charge in [0.2, 0.25) is 0 Å². The van der Waals surface area contributed by atoms with Crippen molar-refractivity contribution >= 4 is 25.8 Å². The van der Waals surface area contributed by atoms with Crippen LogP contribution in [0.15, 0.2) is 28.7 Å². The molecule has 0 atom stereocenters. The second-order valence-corrected chi connectivity index (χ2v) is 7.63. The van der Waals surface area contributed by atoms with Crippen molar-refractivity contribution in [3.05, 3.63) is 34.3 Å². The molecule has 0 unspecified atom stereocenters. The Balaban J connectivity index is 2.77. The van der Waals surface area contributed by atoms with Gasteiger partial charge in [-0.05, 0) is 31.5 Å². The first-order chi connectivity index (χ1) is 7.18. The number of rotatable bonds is 4. The number of sulfone groups is 1. The van der Waals surface area contributed by atoms with Gasteiger partial charge in [-0.25, -0.2) is 8.42 Å². The molecule has 0 bridgehead atoms. The van der Waals surface area contributed by atoms with E-state index >= 15 is 0 Å². The molecular formula is C11H16BrNO2S. The van der Waals surface area contributed by atoms with Crippen LogP contribution in [0.4, 0.5) is 0 Å². The Kier molecular flexibility index (Phi) is 4.15. The molecule has 1 aromatic rings. The van der Waals surface area contributed by atoms with E-state index in [9.17, 15) is 8.42 Å². The summed E-state index contributed by atoms with van der Waals surface area (Å²) in [4.78, 5) is 0. The average molecular weight is 306 g/mol. The molecule has 1 rings (SSSR count). The van der Waals surface area contributed by atoms with Crippen molar-refractivity contribution in [3.8, 4) is 0 Å². The molecule has 0 aromatic heterocycles. The molecule has 2 N–H and O–H groups in total. The summed E-state index contributed by atoms with van der Waals surface area (Å²) in [6.07, 6.45) is 0. The van der Waals surface area contributed by atoms with Crippen LogP contribution in [0.5, 0.6) is 0 Å². The van der Waals surface area contributed by atoms with Crippen LogP contribution >= 0.6 is 15.9 Å². The van der Waals surface area contributed by atoms with Crippen molar-refractivity contribution in [3.63, 3.8) is 0 Å². The molecule has 0 aliphatic heterocycles. The van der Waals surface area contributed by atoms with Crippen LogP contribution < -0.4 is 5.73 Å². The molecule has 0 saturated heterocycles. The van der Waals surface area contributed by atoms with Crippen LogP contribution in [0, 0.1) is 0 Å². The Morgan fingerprint density at radius 2 is 1.75 bits per heavy atom. The minimum absolute atomic E-state index is 0.00390. The second kappa shape index (κ2) is 4.85. The molecule has 3 nitrogen and oxygen atoms in total. The van der Waals surface area contributed by atoms with Crippen LogP contribution in [-0.4, -0.2) is 19.7 Å². The van der Waals surface area contributed by atoms with Crippen LogP contribution in [0.25, 0.3) is 0 Å². The van der Waals surface area contributed by atoms with Crippen LogP contribution in [-0.2, 0) is 15.6 Å². The maximum absolute atomic E-state index is 11.8. The van der Waals surface area contributed by atoms with Crippen LogP contribution in [0.1, 0.15) is 19.4 Å². The molecule has 0 aliphatic carbocycles. The molecule has 0 spiro atoms. The zero-order valence-corrected chi connectivity index (χ0v) is 11.8. The van der Waals surface area contributed by atoms with Gasteiger partial charge in [-0.2, -0.15) is 0 Å². The maximum atomic E-state index is 11.8. The van der Waals surface area contributed by atoms with E-state index in [-0.39, 0.29) is 11.5 Å². The average Bonchev–Trinajstić information content (AvgIpc) is 2.04. The zero-order valence-electron chi connectivity index (χ0n) is 9.40. The molecule has 16 heavy (non-hydrogen) atoms. The first-order valence-corrected chi connectivity index (χ1v) is 7.53. The van der Waals surface area contributed by atoms with Crippen molar-refractivity contribution in [1.29, 1.82) is 0 Å². The van der Waals surface area contributed by atoms with Gasteiger partial charge in [-0.15, -0.1) is 0 Å². The summed E-state index contributed by atoms with van der Waals surface area (Å²) in [5, 5.41) is 0. The first kappa shape index (κ1) is 13.7. The number of nitrogens with two attached hydrogens (primary N) is 1. The van der Waals surface area contributed by atoms with Gasteiger partial charge in [0.1, 0.15) is 0 Å². The highest BCUT2D eigenvalue weighted by Gasteiger charge is 2.22. The van der Waals surface area contributed by atoms with Gasteiger partial charge in [0.15, 0.2) is 9.84 Å². The van der Waals surface area contributed by atoms with E-state index in [0.717, 1.165) is 10.0 Å². The van der Waals surface area contributed by atoms with E-state index in [1.54, 1.807) is 26.0 Å². The van der Waals surface area contributed by atoms with E-state index in [0.29, 0.717) is 0 Å². The Labute approximate surface area is 105 Å². The predicted octanol–water partition coefficient (Wildman–Crippen LogP) is 2.10. The maximum Gasteiger partial charge on any atom is 0.156 e. The lowest BCUT2D eigenvalue weighted by atomic mass is 10.1. The first-order valence-electron chi connectivity index (χ1n) is 4.92. The summed E-state index contributed by atoms with van der Waals surface area (Å²) in [5.41, 5.74) is 5.81. The molecule has 0 saturated carbocycles. The zero-order chi connectivity index (χ0) is 12.4. The van der Waals surface area contributed by atoms with Crippen LogP contribution in [0.3, 0.4) is 0 Å². The predicted molar refractivity (Wildman–Crippen MR) is 69.9 cm³/mol. The van der Waals surface area contributed by atoms with Gasteiger partial charge in [-0.1, -0.05) is 28.1 Å². The Morgan fingerprint density at radius 3 is 2.19 bits per heavy atom. The number of hydrogen-bond donors (Lipinski definition) is 1. The highest BCUT2D eigenvalue weighted by Crippen LogP contribution is 2.14. The van der Waals surface area contributed by atoms with E-state index in [4.69, 9.17) is 5.73 Å². The van der Waals surface area contributed by atoms with Gasteiger partial charge >= 0.3 is 0 Å². The van der Waals surface area contributed by atoms with Crippen LogP contribution in [0.2, 0.25) is 0 Å². The normalized spacial score (nSPS) is 12.8. The van der Waals surface area contributed by atoms with Crippen molar-refractivity contribution in [1.82, 2.24) is 0 Å². The molecule has 1 aromatic carbocycles. The van der Waals surface area contributed by atoms with E-state index in [1.807, 2.05) is 12.1 Å². The lowest BCUT2D eigenvalue weighted by Gasteiger charge is -2.18. The molecule has 5 heteroatoms. The van der Waals surface area contributed by atoms with Crippen molar-refractivity contribution in [2.45, 2.75) is 25.1 Å². The standard InChI is InChI=1S/C11H16BrNO2S/c1-11(2,13)8-16(14,15)7-9-3-5-10(12)6-4-9/h3-6H,7-8,13H2,1-2H3. The summed E-state index contributed by atoms with van der Waals surface area (Å²) >= 11 is 3.30. The monoisotopic (exact) mass is 305 g/mol. The highest BCUT2D eigenvalue weighted by atomic mass is 79.9. The van der Waals surface area contributed by atoms with Gasteiger partial charge in [0, 0.05) is 10.0 Å². The van der Waals surface area contributed by atoms with E-state index in [1.165, 1.54) is 0 Å². The molecule has 0 amide bonds. The molecule has 0 fully saturated rings. The minimum Gasteiger partial charge on any atom is -0.325 e. The minimum atomic E-state index is -3.15. The van der Waals surface area contributed by atoms with Crippen molar-refractivity contribution in [2.75, 3.05) is 5.75 Å². The number of benzene rings is 1. The second-order valence-electron chi connectivity index (χ2n) is 4.65. The Hall–Kier alpha value is -0.390.